The molecule has 5 nitrogen and oxygen atoms in total. The van der Waals surface area contributed by atoms with E-state index in [2.05, 4.69) is 0 Å². The summed E-state index contributed by atoms with van der Waals surface area (Å²) in [5, 5.41) is 0. The van der Waals surface area contributed by atoms with Gasteiger partial charge in [-0.25, -0.2) is 0 Å². The van der Waals surface area contributed by atoms with E-state index in [-0.39, 0.29) is 4.90 Å². The molecule has 2 rings (SSSR count). The van der Waals surface area contributed by atoms with Crippen molar-refractivity contribution < 1.29 is 13.0 Å². The number of anilines is 2. The molecule has 6 heteroatoms. The average molecular weight is 306 g/mol. The summed E-state index contributed by atoms with van der Waals surface area (Å²) in [7, 11) is -4.22. The van der Waals surface area contributed by atoms with E-state index in [4.69, 9.17) is 5.73 Å². The van der Waals surface area contributed by atoms with Crippen LogP contribution >= 0.6 is 0 Å². The van der Waals surface area contributed by atoms with Crippen LogP contribution in [0.15, 0.2) is 53.4 Å². The van der Waals surface area contributed by atoms with Crippen molar-refractivity contribution in [1.29, 1.82) is 0 Å². The predicted octanol–water partition coefficient (Wildman–Crippen LogP) is 2.54. The minimum absolute atomic E-state index is 0.0566. The van der Waals surface area contributed by atoms with Gasteiger partial charge in [0.05, 0.1) is 4.90 Å². The largest absolute Gasteiger partial charge is 0.399 e. The summed E-state index contributed by atoms with van der Waals surface area (Å²) in [5.74, 6) is 0. The minimum Gasteiger partial charge on any atom is -0.399 e. The lowest BCUT2D eigenvalue weighted by molar-refractivity contribution is 0.482. The van der Waals surface area contributed by atoms with Crippen LogP contribution < -0.4 is 10.6 Å². The highest BCUT2D eigenvalue weighted by molar-refractivity contribution is 7.85. The van der Waals surface area contributed by atoms with E-state index < -0.39 is 10.1 Å². The Morgan fingerprint density at radius 3 is 2.29 bits per heavy atom. The van der Waals surface area contributed by atoms with Gasteiger partial charge in [-0.05, 0) is 42.8 Å². The summed E-state index contributed by atoms with van der Waals surface area (Å²) < 4.78 is 32.1. The van der Waals surface area contributed by atoms with Crippen LogP contribution in [0.3, 0.4) is 0 Å². The number of nitrogen functional groups attached to an aromatic ring is 1. The molecule has 0 aliphatic rings. The number of nitrogens with zero attached hydrogens (tertiary/aromatic N) is 1. The van der Waals surface area contributed by atoms with E-state index >= 15 is 0 Å². The van der Waals surface area contributed by atoms with Crippen molar-refractivity contribution in [1.82, 2.24) is 0 Å². The highest BCUT2D eigenvalue weighted by Crippen LogP contribution is 2.22. The Morgan fingerprint density at radius 2 is 1.71 bits per heavy atom. The second-order valence-corrected chi connectivity index (χ2v) is 6.08. The molecular formula is C15H18N2O3S. The molecule has 3 N–H and O–H groups in total. The zero-order chi connectivity index (χ0) is 15.5. The van der Waals surface area contributed by atoms with E-state index in [9.17, 15) is 13.0 Å². The molecule has 112 valence electrons. The lowest BCUT2D eigenvalue weighted by Crippen LogP contribution is -2.23. The molecule has 0 spiro atoms. The first-order valence-electron chi connectivity index (χ1n) is 6.57. The van der Waals surface area contributed by atoms with Crippen molar-refractivity contribution in [3.63, 3.8) is 0 Å². The van der Waals surface area contributed by atoms with Gasteiger partial charge in [0.25, 0.3) is 10.1 Å². The van der Waals surface area contributed by atoms with Gasteiger partial charge < -0.3 is 10.6 Å². The van der Waals surface area contributed by atoms with Crippen LogP contribution in [-0.4, -0.2) is 19.5 Å². The second-order valence-electron chi connectivity index (χ2n) is 4.69. The van der Waals surface area contributed by atoms with Crippen LogP contribution in [0.2, 0.25) is 0 Å². The standard InChI is InChI=1S/C15H18N2O3S/c1-2-17(14-9-7-13(16)8-10-14)11-12-5-3-4-6-15(12)21(18,19)20/h3-10H,2,11,16H2,1H3,(H,18,19,20). The van der Waals surface area contributed by atoms with Gasteiger partial charge in [0.2, 0.25) is 0 Å². The van der Waals surface area contributed by atoms with Gasteiger partial charge in [-0.2, -0.15) is 8.42 Å². The maximum Gasteiger partial charge on any atom is 0.294 e. The highest BCUT2D eigenvalue weighted by Gasteiger charge is 2.16. The van der Waals surface area contributed by atoms with Crippen molar-refractivity contribution in [2.45, 2.75) is 18.4 Å². The SMILES string of the molecule is CCN(Cc1ccccc1S(=O)(=O)O)c1ccc(N)cc1. The van der Waals surface area contributed by atoms with Crippen molar-refractivity contribution in [3.05, 3.63) is 54.1 Å². The van der Waals surface area contributed by atoms with Gasteiger partial charge in [0.15, 0.2) is 0 Å². The van der Waals surface area contributed by atoms with E-state index in [1.54, 1.807) is 30.3 Å². The van der Waals surface area contributed by atoms with Gasteiger partial charge in [0, 0.05) is 24.5 Å². The molecule has 0 aliphatic carbocycles. The molecule has 0 atom stereocenters. The average Bonchev–Trinajstić information content (AvgIpc) is 2.45. The fourth-order valence-electron chi connectivity index (χ4n) is 2.16. The molecule has 0 saturated carbocycles. The van der Waals surface area contributed by atoms with Gasteiger partial charge in [-0.15, -0.1) is 0 Å². The smallest absolute Gasteiger partial charge is 0.294 e. The van der Waals surface area contributed by atoms with E-state index in [0.717, 1.165) is 5.69 Å². The van der Waals surface area contributed by atoms with Gasteiger partial charge in [0.1, 0.15) is 0 Å². The summed E-state index contributed by atoms with van der Waals surface area (Å²) in [4.78, 5) is 1.95. The van der Waals surface area contributed by atoms with Crippen LogP contribution in [0.4, 0.5) is 11.4 Å². The Bertz CT molecular complexity index is 712. The Hall–Kier alpha value is -2.05. The molecule has 0 unspecified atom stereocenters. The van der Waals surface area contributed by atoms with Gasteiger partial charge in [-0.1, -0.05) is 18.2 Å². The number of hydrogen-bond donors (Lipinski definition) is 2. The third-order valence-electron chi connectivity index (χ3n) is 3.25. The molecule has 21 heavy (non-hydrogen) atoms. The zero-order valence-electron chi connectivity index (χ0n) is 11.7. The van der Waals surface area contributed by atoms with Crippen LogP contribution in [0.1, 0.15) is 12.5 Å². The van der Waals surface area contributed by atoms with Crippen molar-refractivity contribution in [3.8, 4) is 0 Å². The minimum atomic E-state index is -4.22. The maximum absolute atomic E-state index is 11.4. The first-order chi connectivity index (χ1) is 9.91. The third-order valence-corrected chi connectivity index (χ3v) is 4.21. The molecule has 0 aliphatic heterocycles. The van der Waals surface area contributed by atoms with Crippen LogP contribution in [0.25, 0.3) is 0 Å². The fraction of sp³-hybridized carbons (Fsp3) is 0.200. The summed E-state index contributed by atoms with van der Waals surface area (Å²) >= 11 is 0. The van der Waals surface area contributed by atoms with Gasteiger partial charge in [-0.3, -0.25) is 4.55 Å². The number of nitrogens with two attached hydrogens (primary N) is 1. The lowest BCUT2D eigenvalue weighted by Gasteiger charge is -2.24. The normalized spacial score (nSPS) is 11.3. The Balaban J connectivity index is 2.34. The topological polar surface area (TPSA) is 83.6 Å². The Labute approximate surface area is 124 Å². The van der Waals surface area contributed by atoms with Crippen LogP contribution in [0.5, 0.6) is 0 Å². The molecule has 0 bridgehead atoms. The lowest BCUT2D eigenvalue weighted by atomic mass is 10.2. The number of rotatable bonds is 5. The molecule has 2 aromatic rings. The maximum atomic E-state index is 11.4. The molecule has 0 fully saturated rings. The van der Waals surface area contributed by atoms with E-state index in [1.165, 1.54) is 6.07 Å². The van der Waals surface area contributed by atoms with Gasteiger partial charge >= 0.3 is 0 Å². The molecule has 0 aromatic heterocycles. The van der Waals surface area contributed by atoms with Crippen LogP contribution in [-0.2, 0) is 16.7 Å². The highest BCUT2D eigenvalue weighted by atomic mass is 32.2. The van der Waals surface area contributed by atoms with Crippen LogP contribution in [0, 0.1) is 0 Å². The predicted molar refractivity (Wildman–Crippen MR) is 83.8 cm³/mol. The summed E-state index contributed by atoms with van der Waals surface area (Å²) in [5.41, 5.74) is 7.84. The number of benzene rings is 2. The first-order valence-corrected chi connectivity index (χ1v) is 8.01. The molecule has 0 radical (unpaired) electrons. The Morgan fingerprint density at radius 1 is 1.10 bits per heavy atom. The Kier molecular flexibility index (Phi) is 4.50. The van der Waals surface area contributed by atoms with E-state index in [1.807, 2.05) is 24.0 Å². The van der Waals surface area contributed by atoms with Crippen molar-refractivity contribution >= 4 is 21.5 Å². The van der Waals surface area contributed by atoms with Crippen molar-refractivity contribution in [2.24, 2.45) is 0 Å². The third kappa shape index (κ3) is 3.74. The first kappa shape index (κ1) is 15.3. The quantitative estimate of drug-likeness (QED) is 0.655. The monoisotopic (exact) mass is 306 g/mol. The summed E-state index contributed by atoms with van der Waals surface area (Å²) in [6, 6.07) is 13.8. The fourth-order valence-corrected chi connectivity index (χ4v) is 2.88. The molecule has 2 aromatic carbocycles. The number of hydrogen-bond acceptors (Lipinski definition) is 4. The molecule has 0 amide bonds. The molecule has 0 saturated heterocycles. The van der Waals surface area contributed by atoms with Crippen molar-refractivity contribution in [2.75, 3.05) is 17.2 Å². The zero-order valence-corrected chi connectivity index (χ0v) is 12.5. The van der Waals surface area contributed by atoms with E-state index in [0.29, 0.717) is 24.3 Å². The summed E-state index contributed by atoms with van der Waals surface area (Å²) in [6.07, 6.45) is 0. The molecule has 0 heterocycles. The second kappa shape index (κ2) is 6.15. The summed E-state index contributed by atoms with van der Waals surface area (Å²) in [6.45, 7) is 3.06. The molecular weight excluding hydrogens is 288 g/mol.